The van der Waals surface area contributed by atoms with E-state index in [0.29, 0.717) is 31.5 Å². The molecule has 267 valence electrons. The van der Waals surface area contributed by atoms with Crippen LogP contribution in [0.5, 0.6) is 0 Å². The number of amides is 2. The van der Waals surface area contributed by atoms with E-state index in [1.165, 1.54) is 23.1 Å². The molecule has 2 bridgehead atoms. The second kappa shape index (κ2) is 22.8. The molecule has 0 aliphatic carbocycles. The number of methoxy groups -OCH3 is 1. The van der Waals surface area contributed by atoms with Gasteiger partial charge in [0, 0.05) is 73.2 Å². The van der Waals surface area contributed by atoms with Gasteiger partial charge in [0.05, 0.1) is 0 Å². The van der Waals surface area contributed by atoms with Gasteiger partial charge in [-0.05, 0) is 65.0 Å². The van der Waals surface area contributed by atoms with Crippen LogP contribution in [0.4, 0.5) is 9.59 Å². The Bertz CT molecular complexity index is 1290. The van der Waals surface area contributed by atoms with E-state index >= 15 is 0 Å². The monoisotopic (exact) mass is 698 g/mol. The van der Waals surface area contributed by atoms with Gasteiger partial charge in [-0.2, -0.15) is 0 Å². The molecule has 3 aliphatic rings. The average molecular weight is 699 g/mol. The number of benzene rings is 2. The van der Waals surface area contributed by atoms with Crippen LogP contribution < -0.4 is 35.3 Å². The zero-order chi connectivity index (χ0) is 35.9. The average Bonchev–Trinajstić information content (AvgIpc) is 3.62. The molecule has 13 heteroatoms. The molecular weight excluding hydrogens is 644 g/mol. The molecule has 2 amide bonds. The fourth-order valence-electron chi connectivity index (χ4n) is 5.85. The molecule has 4 atom stereocenters. The van der Waals surface area contributed by atoms with Crippen molar-refractivity contribution in [3.8, 4) is 0 Å². The van der Waals surface area contributed by atoms with Gasteiger partial charge in [0.25, 0.3) is 0 Å². The molecule has 3 saturated heterocycles. The van der Waals surface area contributed by atoms with E-state index in [9.17, 15) is 14.4 Å². The number of fused-ring (bicyclic) bond motifs is 2. The van der Waals surface area contributed by atoms with Crippen LogP contribution in [0.15, 0.2) is 60.7 Å². The maximum Gasteiger partial charge on any atom is 1.00 e. The smallest absolute Gasteiger partial charge is 0.512 e. The molecule has 2 aromatic rings. The standard InChI is InChI=1S/C18H26N2O2.C11H19NO4.C7H9N.CN.B.Na/c1-18(2,3)22-17(21)20-12-15-9-16(20)13-19(11-15)10-14-7-5-4-6-8-14;1-11(2,3)16-10(14)12-6-8(7-13)5-9(12)15-4;8-6-7-4-2-1-3-5-7;1-2;;/h4-8,15-16H,9-13H2,1-3H3;7-9H,5-6H2,1-4H3;1-5H,6,8H2;;;/q;;;-1;;+1. The van der Waals surface area contributed by atoms with E-state index in [1.54, 1.807) is 20.8 Å². The molecule has 3 fully saturated rings. The Morgan fingerprint density at radius 2 is 1.32 bits per heavy atom. The molecule has 0 spiro atoms. The van der Waals surface area contributed by atoms with Gasteiger partial charge in [-0.3, -0.25) is 9.80 Å². The number of aldehydes is 1. The molecule has 0 saturated carbocycles. The van der Waals surface area contributed by atoms with Gasteiger partial charge in [0.15, 0.2) is 0 Å². The van der Waals surface area contributed by atoms with Crippen LogP contribution in [-0.2, 0) is 32.1 Å². The number of likely N-dealkylation sites (tertiary alicyclic amines) is 3. The first-order valence-corrected chi connectivity index (χ1v) is 16.4. The van der Waals surface area contributed by atoms with Crippen LogP contribution >= 0.6 is 0 Å². The third-order valence-corrected chi connectivity index (χ3v) is 7.82. The summed E-state index contributed by atoms with van der Waals surface area (Å²) in [7, 11) is 1.52. The van der Waals surface area contributed by atoms with Crippen LogP contribution in [-0.4, -0.2) is 98.3 Å². The van der Waals surface area contributed by atoms with E-state index < -0.39 is 17.3 Å². The summed E-state index contributed by atoms with van der Waals surface area (Å²) in [6, 6.07) is 20.8. The van der Waals surface area contributed by atoms with E-state index in [2.05, 4.69) is 29.2 Å². The Morgan fingerprint density at radius 3 is 1.76 bits per heavy atom. The second-order valence-corrected chi connectivity index (χ2v) is 14.2. The van der Waals surface area contributed by atoms with Crippen LogP contribution in [0.3, 0.4) is 0 Å². The van der Waals surface area contributed by atoms with Gasteiger partial charge in [-0.25, -0.2) is 9.59 Å². The zero-order valence-electron chi connectivity index (χ0n) is 31.2. The van der Waals surface area contributed by atoms with Gasteiger partial charge in [0.2, 0.25) is 0 Å². The first kappa shape index (κ1) is 47.1. The van der Waals surface area contributed by atoms with E-state index in [0.717, 1.165) is 38.9 Å². The molecule has 3 heterocycles. The Kier molecular flexibility index (Phi) is 21.5. The number of rotatable bonds is 5. The normalized spacial score (nSPS) is 20.8. The van der Waals surface area contributed by atoms with Crippen molar-refractivity contribution >= 4 is 26.9 Å². The molecular formula is C37H54BN5NaO6. The van der Waals surface area contributed by atoms with Crippen molar-refractivity contribution in [1.82, 2.24) is 14.7 Å². The van der Waals surface area contributed by atoms with E-state index in [4.69, 9.17) is 31.8 Å². The van der Waals surface area contributed by atoms with Gasteiger partial charge >= 0.3 is 41.7 Å². The van der Waals surface area contributed by atoms with Gasteiger partial charge < -0.3 is 41.5 Å². The molecule has 2 N–H and O–H groups in total. The third-order valence-electron chi connectivity index (χ3n) is 7.82. The summed E-state index contributed by atoms with van der Waals surface area (Å²) in [6.45, 7) is 20.8. The number of nitrogens with two attached hydrogens (primary N) is 1. The summed E-state index contributed by atoms with van der Waals surface area (Å²) < 4.78 is 15.9. The number of nitrogens with zero attached hydrogens (tertiary/aromatic N) is 4. The first-order valence-electron chi connectivity index (χ1n) is 16.4. The molecule has 0 aromatic heterocycles. The van der Waals surface area contributed by atoms with Crippen LogP contribution in [0.2, 0.25) is 0 Å². The molecule has 3 aliphatic heterocycles. The molecule has 11 nitrogen and oxygen atoms in total. The topological polar surface area (TPSA) is 138 Å². The number of hydrogen-bond donors (Lipinski definition) is 1. The van der Waals surface area contributed by atoms with Crippen molar-refractivity contribution in [1.29, 1.82) is 5.26 Å². The van der Waals surface area contributed by atoms with Crippen molar-refractivity contribution in [3.63, 3.8) is 0 Å². The molecule has 3 radical (unpaired) electrons. The summed E-state index contributed by atoms with van der Waals surface area (Å²) >= 11 is 0. The van der Waals surface area contributed by atoms with Crippen LogP contribution in [0.1, 0.15) is 65.5 Å². The van der Waals surface area contributed by atoms with Crippen LogP contribution in [0, 0.1) is 23.7 Å². The summed E-state index contributed by atoms with van der Waals surface area (Å²) in [6.07, 6.45) is 1.58. The van der Waals surface area contributed by atoms with Gasteiger partial charge in [-0.15, -0.1) is 0 Å². The van der Waals surface area contributed by atoms with Crippen molar-refractivity contribution in [2.45, 2.75) is 90.9 Å². The number of hydrogen-bond acceptors (Lipinski definition) is 9. The summed E-state index contributed by atoms with van der Waals surface area (Å²) in [5.41, 5.74) is 6.93. The minimum absolute atomic E-state index is 0. The number of carbonyl (C=O) groups is 3. The number of piperidine rings is 1. The predicted molar refractivity (Wildman–Crippen MR) is 190 cm³/mol. The molecule has 50 heavy (non-hydrogen) atoms. The Labute approximate surface area is 323 Å². The Morgan fingerprint density at radius 1 is 0.820 bits per heavy atom. The second-order valence-electron chi connectivity index (χ2n) is 14.2. The largest absolute Gasteiger partial charge is 1.00 e. The van der Waals surface area contributed by atoms with Crippen molar-refractivity contribution in [2.24, 2.45) is 17.6 Å². The minimum atomic E-state index is -0.533. The summed E-state index contributed by atoms with van der Waals surface area (Å²) in [4.78, 5) is 40.7. The predicted octanol–water partition coefficient (Wildman–Crippen LogP) is 2.41. The first-order chi connectivity index (χ1) is 22.7. The molecule has 4 unspecified atom stereocenters. The Balaban J connectivity index is 0.000000754. The third kappa shape index (κ3) is 16.4. The van der Waals surface area contributed by atoms with Gasteiger partial charge in [0.1, 0.15) is 23.7 Å². The Hall–Kier alpha value is -2.92. The molecule has 2 aromatic carbocycles. The quantitative estimate of drug-likeness (QED) is 0.284. The fourth-order valence-corrected chi connectivity index (χ4v) is 5.85. The van der Waals surface area contributed by atoms with E-state index in [-0.39, 0.29) is 56.2 Å². The maximum atomic E-state index is 12.4. The van der Waals surface area contributed by atoms with Crippen molar-refractivity contribution in [3.05, 3.63) is 78.4 Å². The zero-order valence-corrected chi connectivity index (χ0v) is 33.2. The summed E-state index contributed by atoms with van der Waals surface area (Å²) in [5.74, 6) is 0.424. The minimum Gasteiger partial charge on any atom is -0.512 e. The van der Waals surface area contributed by atoms with Gasteiger partial charge in [-0.1, -0.05) is 60.7 Å². The van der Waals surface area contributed by atoms with Crippen molar-refractivity contribution in [2.75, 3.05) is 33.3 Å². The van der Waals surface area contributed by atoms with E-state index in [1.807, 2.05) is 62.1 Å². The fraction of sp³-hybridized carbons (Fsp3) is 0.568. The van der Waals surface area contributed by atoms with Crippen LogP contribution in [0.25, 0.3) is 0 Å². The van der Waals surface area contributed by atoms with Crippen molar-refractivity contribution < 1.29 is 58.2 Å². The maximum absolute atomic E-state index is 12.4. The summed E-state index contributed by atoms with van der Waals surface area (Å²) in [5, 5.41) is 6.25. The molecule has 5 rings (SSSR count). The number of carbonyl (C=O) groups excluding carboxylic acids is 3. The SMILES string of the molecule is CC(C)(C)OC(=O)N1CC2CC1CN(Cc1ccccc1)C2.COC1CC(C=O)CN1C(=O)OC(C)(C)C.NCc1ccccc1.[B].[C-]#N.[Na+]. The number of ether oxygens (including phenoxy) is 3.